The lowest BCUT2D eigenvalue weighted by atomic mass is 9.79. The molecule has 3 unspecified atom stereocenters. The highest BCUT2D eigenvalue weighted by Crippen LogP contribution is 2.27. The number of nitrogens with one attached hydrogen (secondary N) is 1. The van der Waals surface area contributed by atoms with Gasteiger partial charge in [0.1, 0.15) is 0 Å². The molecule has 16 heavy (non-hydrogen) atoms. The molecule has 0 spiro atoms. The minimum Gasteiger partial charge on any atom is -0.481 e. The summed E-state index contributed by atoms with van der Waals surface area (Å²) in [6.45, 7) is 5.56. The third-order valence-electron chi connectivity index (χ3n) is 4.03. The van der Waals surface area contributed by atoms with Crippen molar-refractivity contribution >= 4 is 5.97 Å². The van der Waals surface area contributed by atoms with Gasteiger partial charge in [0.2, 0.25) is 0 Å². The van der Waals surface area contributed by atoms with Crippen molar-refractivity contribution in [1.29, 1.82) is 0 Å². The zero-order valence-corrected chi connectivity index (χ0v) is 9.98. The van der Waals surface area contributed by atoms with Gasteiger partial charge in [0.15, 0.2) is 0 Å². The van der Waals surface area contributed by atoms with Gasteiger partial charge in [-0.25, -0.2) is 0 Å². The van der Waals surface area contributed by atoms with Crippen LogP contribution >= 0.6 is 0 Å². The van der Waals surface area contributed by atoms with Crippen molar-refractivity contribution in [3.63, 3.8) is 0 Å². The minimum atomic E-state index is -0.641. The third kappa shape index (κ3) is 2.55. The molecule has 1 saturated heterocycles. The normalized spacial score (nSPS) is 32.3. The Morgan fingerprint density at radius 1 is 1.44 bits per heavy atom. The van der Waals surface area contributed by atoms with Crippen LogP contribution in [-0.2, 0) is 4.79 Å². The molecule has 0 amide bonds. The lowest BCUT2D eigenvalue weighted by Gasteiger charge is -2.36. The first-order valence-corrected chi connectivity index (χ1v) is 6.38. The Hall–Kier alpha value is -0.610. The molecule has 2 aliphatic rings. The fraction of sp³-hybridized carbons (Fsp3) is 0.917. The first-order valence-electron chi connectivity index (χ1n) is 6.38. The molecular weight excluding hydrogens is 204 g/mol. The van der Waals surface area contributed by atoms with Gasteiger partial charge in [0.05, 0.1) is 5.92 Å². The molecule has 1 saturated carbocycles. The summed E-state index contributed by atoms with van der Waals surface area (Å²) in [6, 6.07) is 0.750. The Bertz CT molecular complexity index is 251. The predicted octanol–water partition coefficient (Wildman–Crippen LogP) is 0.924. The lowest BCUT2D eigenvalue weighted by molar-refractivity contribution is -0.146. The zero-order valence-electron chi connectivity index (χ0n) is 9.98. The van der Waals surface area contributed by atoms with Crippen LogP contribution < -0.4 is 5.32 Å². The summed E-state index contributed by atoms with van der Waals surface area (Å²) in [6.07, 6.45) is 4.48. The number of likely N-dealkylation sites (tertiary alicyclic amines) is 1. The maximum Gasteiger partial charge on any atom is 0.308 e. The SMILES string of the molecule is CC(CNC1CCC1C(=O)O)N1CCCC1. The minimum absolute atomic E-state index is 0.147. The van der Waals surface area contributed by atoms with E-state index in [9.17, 15) is 4.79 Å². The van der Waals surface area contributed by atoms with Gasteiger partial charge in [0.25, 0.3) is 0 Å². The van der Waals surface area contributed by atoms with Crippen LogP contribution in [0.15, 0.2) is 0 Å². The van der Waals surface area contributed by atoms with Crippen LogP contribution in [0.4, 0.5) is 0 Å². The van der Waals surface area contributed by atoms with Crippen molar-refractivity contribution in [1.82, 2.24) is 10.2 Å². The second-order valence-electron chi connectivity index (χ2n) is 5.13. The van der Waals surface area contributed by atoms with Crippen LogP contribution in [-0.4, -0.2) is 47.7 Å². The van der Waals surface area contributed by atoms with E-state index in [1.807, 2.05) is 0 Å². The van der Waals surface area contributed by atoms with Crippen LogP contribution in [0.1, 0.15) is 32.6 Å². The van der Waals surface area contributed by atoms with Crippen molar-refractivity contribution in [2.24, 2.45) is 5.92 Å². The Kier molecular flexibility index (Phi) is 3.82. The first kappa shape index (κ1) is 11.9. The molecule has 4 heteroatoms. The molecule has 0 aromatic rings. The Balaban J connectivity index is 1.68. The van der Waals surface area contributed by atoms with Gasteiger partial charge < -0.3 is 10.4 Å². The second kappa shape index (κ2) is 5.15. The molecule has 1 aliphatic heterocycles. The van der Waals surface area contributed by atoms with Gasteiger partial charge >= 0.3 is 5.97 Å². The molecule has 1 aliphatic carbocycles. The lowest BCUT2D eigenvalue weighted by Crippen LogP contribution is -2.51. The van der Waals surface area contributed by atoms with E-state index >= 15 is 0 Å². The third-order valence-corrected chi connectivity index (χ3v) is 4.03. The summed E-state index contributed by atoms with van der Waals surface area (Å²) in [5.41, 5.74) is 0. The van der Waals surface area contributed by atoms with E-state index in [0.717, 1.165) is 19.4 Å². The van der Waals surface area contributed by atoms with Crippen molar-refractivity contribution in [2.75, 3.05) is 19.6 Å². The molecule has 0 aromatic heterocycles. The first-order chi connectivity index (χ1) is 7.68. The predicted molar refractivity (Wildman–Crippen MR) is 62.4 cm³/mol. The van der Waals surface area contributed by atoms with Gasteiger partial charge in [0, 0.05) is 18.6 Å². The van der Waals surface area contributed by atoms with E-state index in [4.69, 9.17) is 5.11 Å². The van der Waals surface area contributed by atoms with E-state index in [2.05, 4.69) is 17.1 Å². The summed E-state index contributed by atoms with van der Waals surface area (Å²) in [5.74, 6) is -0.789. The average Bonchev–Trinajstić information content (AvgIpc) is 2.67. The number of hydrogen-bond donors (Lipinski definition) is 2. The van der Waals surface area contributed by atoms with Crippen LogP contribution in [0.25, 0.3) is 0 Å². The zero-order chi connectivity index (χ0) is 11.5. The van der Waals surface area contributed by atoms with Crippen LogP contribution in [0.3, 0.4) is 0 Å². The fourth-order valence-electron chi connectivity index (χ4n) is 2.67. The summed E-state index contributed by atoms with van der Waals surface area (Å²) in [5, 5.41) is 12.3. The number of hydrogen-bond acceptors (Lipinski definition) is 3. The Morgan fingerprint density at radius 3 is 2.62 bits per heavy atom. The topological polar surface area (TPSA) is 52.6 Å². The van der Waals surface area contributed by atoms with Crippen LogP contribution in [0.2, 0.25) is 0 Å². The van der Waals surface area contributed by atoms with Gasteiger partial charge in [-0.15, -0.1) is 0 Å². The number of rotatable bonds is 5. The highest BCUT2D eigenvalue weighted by atomic mass is 16.4. The molecule has 0 bridgehead atoms. The molecule has 2 N–H and O–H groups in total. The van der Waals surface area contributed by atoms with Crippen LogP contribution in [0, 0.1) is 5.92 Å². The summed E-state index contributed by atoms with van der Waals surface area (Å²) >= 11 is 0. The fourth-order valence-corrected chi connectivity index (χ4v) is 2.67. The number of carboxylic acid groups (broad SMARTS) is 1. The van der Waals surface area contributed by atoms with E-state index < -0.39 is 5.97 Å². The summed E-state index contributed by atoms with van der Waals surface area (Å²) < 4.78 is 0. The molecule has 0 aromatic carbocycles. The molecule has 0 radical (unpaired) electrons. The highest BCUT2D eigenvalue weighted by Gasteiger charge is 2.36. The van der Waals surface area contributed by atoms with Crippen molar-refractivity contribution in [3.8, 4) is 0 Å². The largest absolute Gasteiger partial charge is 0.481 e. The molecule has 4 nitrogen and oxygen atoms in total. The molecule has 2 rings (SSSR count). The van der Waals surface area contributed by atoms with Crippen molar-refractivity contribution < 1.29 is 9.90 Å². The monoisotopic (exact) mass is 226 g/mol. The van der Waals surface area contributed by atoms with E-state index in [1.54, 1.807) is 0 Å². The molecule has 92 valence electrons. The number of nitrogens with zero attached hydrogens (tertiary/aromatic N) is 1. The van der Waals surface area contributed by atoms with Crippen molar-refractivity contribution in [2.45, 2.75) is 44.7 Å². The smallest absolute Gasteiger partial charge is 0.308 e. The highest BCUT2D eigenvalue weighted by molar-refractivity contribution is 5.72. The Morgan fingerprint density at radius 2 is 2.12 bits per heavy atom. The molecule has 3 atom stereocenters. The van der Waals surface area contributed by atoms with E-state index in [0.29, 0.717) is 6.04 Å². The number of aliphatic carboxylic acids is 1. The van der Waals surface area contributed by atoms with Gasteiger partial charge in [-0.1, -0.05) is 0 Å². The van der Waals surface area contributed by atoms with E-state index in [1.165, 1.54) is 25.9 Å². The molecular formula is C12H22N2O2. The molecule has 1 heterocycles. The van der Waals surface area contributed by atoms with Crippen LogP contribution in [0.5, 0.6) is 0 Å². The summed E-state index contributed by atoms with van der Waals surface area (Å²) in [4.78, 5) is 13.3. The van der Waals surface area contributed by atoms with Gasteiger partial charge in [-0.3, -0.25) is 9.69 Å². The average molecular weight is 226 g/mol. The summed E-state index contributed by atoms with van der Waals surface area (Å²) in [7, 11) is 0. The standard InChI is InChI=1S/C12H22N2O2/c1-9(14-6-2-3-7-14)8-13-11-5-4-10(11)12(15)16/h9-11,13H,2-8H2,1H3,(H,15,16). The van der Waals surface area contributed by atoms with Crippen molar-refractivity contribution in [3.05, 3.63) is 0 Å². The molecule has 2 fully saturated rings. The van der Waals surface area contributed by atoms with Gasteiger partial charge in [-0.2, -0.15) is 0 Å². The number of carboxylic acids is 1. The quantitative estimate of drug-likeness (QED) is 0.732. The maximum atomic E-state index is 10.8. The number of carbonyl (C=O) groups is 1. The van der Waals surface area contributed by atoms with E-state index in [-0.39, 0.29) is 12.0 Å². The van der Waals surface area contributed by atoms with Gasteiger partial charge in [-0.05, 0) is 45.7 Å². The second-order valence-corrected chi connectivity index (χ2v) is 5.13. The maximum absolute atomic E-state index is 10.8. The Labute approximate surface area is 97.0 Å².